The number of anilines is 1. The Hall–Kier alpha value is -2.73. The van der Waals surface area contributed by atoms with Gasteiger partial charge in [-0.25, -0.2) is 9.18 Å². The predicted molar refractivity (Wildman–Crippen MR) is 96.3 cm³/mol. The maximum Gasteiger partial charge on any atom is 0.338 e. The lowest BCUT2D eigenvalue weighted by Gasteiger charge is -2.14. The van der Waals surface area contributed by atoms with Crippen LogP contribution in [0, 0.1) is 5.82 Å². The Kier molecular flexibility index (Phi) is 6.86. The minimum Gasteiger partial charge on any atom is -0.449 e. The van der Waals surface area contributed by atoms with Crippen molar-refractivity contribution in [1.29, 1.82) is 0 Å². The lowest BCUT2D eigenvalue weighted by Crippen LogP contribution is -2.30. The highest BCUT2D eigenvalue weighted by molar-refractivity contribution is 5.97. The average molecular weight is 359 g/mol. The number of halogens is 1. The molecule has 0 aliphatic heterocycles. The van der Waals surface area contributed by atoms with E-state index in [1.54, 1.807) is 24.3 Å². The minimum absolute atomic E-state index is 0.125. The van der Waals surface area contributed by atoms with Gasteiger partial charge in [0.1, 0.15) is 5.82 Å². The first-order valence-electron chi connectivity index (χ1n) is 8.33. The summed E-state index contributed by atoms with van der Waals surface area (Å²) in [5.41, 5.74) is 1.71. The SMILES string of the molecule is CC(C)OCc1ccc(C(=O)O[C@H](C)C(=O)Nc2ccc(F)cc2)cc1. The third-order valence-corrected chi connectivity index (χ3v) is 3.54. The van der Waals surface area contributed by atoms with Gasteiger partial charge in [-0.2, -0.15) is 0 Å². The van der Waals surface area contributed by atoms with Crippen molar-refractivity contribution >= 4 is 17.6 Å². The van der Waals surface area contributed by atoms with Gasteiger partial charge < -0.3 is 14.8 Å². The fraction of sp³-hybridized carbons (Fsp3) is 0.300. The van der Waals surface area contributed by atoms with Gasteiger partial charge in [0.2, 0.25) is 0 Å². The van der Waals surface area contributed by atoms with Crippen LogP contribution in [0.3, 0.4) is 0 Å². The molecule has 0 saturated carbocycles. The van der Waals surface area contributed by atoms with Crippen molar-refractivity contribution in [2.45, 2.75) is 39.6 Å². The van der Waals surface area contributed by atoms with Crippen LogP contribution in [0.2, 0.25) is 0 Å². The Morgan fingerprint density at radius 2 is 1.62 bits per heavy atom. The van der Waals surface area contributed by atoms with E-state index in [0.717, 1.165) is 5.56 Å². The van der Waals surface area contributed by atoms with Crippen LogP contribution in [-0.2, 0) is 20.9 Å². The monoisotopic (exact) mass is 359 g/mol. The first kappa shape index (κ1) is 19.6. The zero-order chi connectivity index (χ0) is 19.1. The fourth-order valence-corrected chi connectivity index (χ4v) is 2.06. The van der Waals surface area contributed by atoms with Gasteiger partial charge in [-0.1, -0.05) is 12.1 Å². The number of nitrogens with one attached hydrogen (secondary N) is 1. The Labute approximate surface area is 152 Å². The Bertz CT molecular complexity index is 741. The maximum absolute atomic E-state index is 12.9. The van der Waals surface area contributed by atoms with E-state index in [0.29, 0.717) is 17.9 Å². The molecule has 2 aromatic carbocycles. The number of hydrogen-bond acceptors (Lipinski definition) is 4. The van der Waals surface area contributed by atoms with Crippen LogP contribution < -0.4 is 5.32 Å². The second kappa shape index (κ2) is 9.10. The second-order valence-electron chi connectivity index (χ2n) is 6.10. The number of amides is 1. The summed E-state index contributed by atoms with van der Waals surface area (Å²) in [5.74, 6) is -1.49. The number of hydrogen-bond donors (Lipinski definition) is 1. The predicted octanol–water partition coefficient (Wildman–Crippen LogP) is 3.93. The topological polar surface area (TPSA) is 64.6 Å². The van der Waals surface area contributed by atoms with Gasteiger partial charge in [-0.05, 0) is 62.7 Å². The molecule has 0 unspecified atom stereocenters. The third-order valence-electron chi connectivity index (χ3n) is 3.54. The molecule has 2 aromatic rings. The molecule has 0 fully saturated rings. The summed E-state index contributed by atoms with van der Waals surface area (Å²) in [4.78, 5) is 24.2. The third kappa shape index (κ3) is 5.97. The van der Waals surface area contributed by atoms with Crippen LogP contribution in [0.1, 0.15) is 36.7 Å². The first-order valence-corrected chi connectivity index (χ1v) is 8.33. The molecule has 138 valence electrons. The molecule has 1 amide bonds. The zero-order valence-corrected chi connectivity index (χ0v) is 15.0. The van der Waals surface area contributed by atoms with Gasteiger partial charge in [-0.15, -0.1) is 0 Å². The van der Waals surface area contributed by atoms with Gasteiger partial charge in [-0.3, -0.25) is 4.79 Å². The van der Waals surface area contributed by atoms with E-state index in [4.69, 9.17) is 9.47 Å². The molecule has 2 rings (SSSR count). The summed E-state index contributed by atoms with van der Waals surface area (Å²) in [6, 6.07) is 12.1. The molecule has 1 N–H and O–H groups in total. The highest BCUT2D eigenvalue weighted by Gasteiger charge is 2.19. The van der Waals surface area contributed by atoms with Gasteiger partial charge in [0.05, 0.1) is 18.3 Å². The molecule has 0 bridgehead atoms. The van der Waals surface area contributed by atoms with E-state index < -0.39 is 23.8 Å². The summed E-state index contributed by atoms with van der Waals surface area (Å²) in [7, 11) is 0. The average Bonchev–Trinajstić information content (AvgIpc) is 2.62. The maximum atomic E-state index is 12.9. The molecule has 26 heavy (non-hydrogen) atoms. The van der Waals surface area contributed by atoms with Crippen molar-refractivity contribution in [3.8, 4) is 0 Å². The van der Waals surface area contributed by atoms with E-state index in [1.807, 2.05) is 13.8 Å². The van der Waals surface area contributed by atoms with Gasteiger partial charge in [0.15, 0.2) is 6.10 Å². The lowest BCUT2D eigenvalue weighted by atomic mass is 10.1. The van der Waals surface area contributed by atoms with E-state index in [9.17, 15) is 14.0 Å². The van der Waals surface area contributed by atoms with E-state index >= 15 is 0 Å². The van der Waals surface area contributed by atoms with Crippen molar-refractivity contribution in [3.05, 3.63) is 65.5 Å². The fourth-order valence-electron chi connectivity index (χ4n) is 2.06. The van der Waals surface area contributed by atoms with E-state index in [2.05, 4.69) is 5.32 Å². The van der Waals surface area contributed by atoms with Crippen molar-refractivity contribution in [2.75, 3.05) is 5.32 Å². The number of carbonyl (C=O) groups excluding carboxylic acids is 2. The van der Waals surface area contributed by atoms with Crippen molar-refractivity contribution in [1.82, 2.24) is 0 Å². The first-order chi connectivity index (χ1) is 12.3. The van der Waals surface area contributed by atoms with Crippen molar-refractivity contribution in [2.24, 2.45) is 0 Å². The molecule has 0 aliphatic rings. The molecule has 0 saturated heterocycles. The van der Waals surface area contributed by atoms with Crippen molar-refractivity contribution < 1.29 is 23.5 Å². The molecule has 0 spiro atoms. The summed E-state index contributed by atoms with van der Waals surface area (Å²) in [5, 5.41) is 2.56. The van der Waals surface area contributed by atoms with Crippen LogP contribution in [0.4, 0.5) is 10.1 Å². The molecule has 6 heteroatoms. The summed E-state index contributed by atoms with van der Waals surface area (Å²) in [6.07, 6.45) is -0.864. The zero-order valence-electron chi connectivity index (χ0n) is 15.0. The summed E-state index contributed by atoms with van der Waals surface area (Å²) in [6.45, 7) is 5.83. The molecule has 0 aliphatic carbocycles. The van der Waals surface area contributed by atoms with Crippen LogP contribution in [0.25, 0.3) is 0 Å². The minimum atomic E-state index is -0.989. The molecular formula is C20H22FNO4. The number of ether oxygens (including phenoxy) is 2. The van der Waals surface area contributed by atoms with Gasteiger partial charge >= 0.3 is 5.97 Å². The number of benzene rings is 2. The number of rotatable bonds is 7. The normalized spacial score (nSPS) is 11.9. The van der Waals surface area contributed by atoms with Crippen molar-refractivity contribution in [3.63, 3.8) is 0 Å². The smallest absolute Gasteiger partial charge is 0.338 e. The van der Waals surface area contributed by atoms with Crippen LogP contribution in [-0.4, -0.2) is 24.1 Å². The summed E-state index contributed by atoms with van der Waals surface area (Å²) < 4.78 is 23.5. The Balaban J connectivity index is 1.89. The second-order valence-corrected chi connectivity index (χ2v) is 6.10. The van der Waals surface area contributed by atoms with Crippen LogP contribution in [0.15, 0.2) is 48.5 Å². The van der Waals surface area contributed by atoms with Crippen LogP contribution in [0.5, 0.6) is 0 Å². The van der Waals surface area contributed by atoms with E-state index in [-0.39, 0.29) is 6.10 Å². The Morgan fingerprint density at radius 3 is 2.19 bits per heavy atom. The quantitative estimate of drug-likeness (QED) is 0.761. The molecule has 1 atom stereocenters. The molecule has 0 radical (unpaired) electrons. The largest absolute Gasteiger partial charge is 0.449 e. The highest BCUT2D eigenvalue weighted by atomic mass is 19.1. The summed E-state index contributed by atoms with van der Waals surface area (Å²) >= 11 is 0. The lowest BCUT2D eigenvalue weighted by molar-refractivity contribution is -0.123. The number of carbonyl (C=O) groups is 2. The van der Waals surface area contributed by atoms with Gasteiger partial charge in [0, 0.05) is 5.69 Å². The number of esters is 1. The molecule has 0 heterocycles. The molecule has 5 nitrogen and oxygen atoms in total. The molecular weight excluding hydrogens is 337 g/mol. The molecule has 0 aromatic heterocycles. The van der Waals surface area contributed by atoms with Crippen LogP contribution >= 0.6 is 0 Å². The Morgan fingerprint density at radius 1 is 1.00 bits per heavy atom. The van der Waals surface area contributed by atoms with Gasteiger partial charge in [0.25, 0.3) is 5.91 Å². The highest BCUT2D eigenvalue weighted by Crippen LogP contribution is 2.12. The standard InChI is InChI=1S/C20H22FNO4/c1-13(2)25-12-15-4-6-16(7-5-15)20(24)26-14(3)19(23)22-18-10-8-17(21)9-11-18/h4-11,13-14H,12H2,1-3H3,(H,22,23)/t14-/m1/s1. The van der Waals surface area contributed by atoms with E-state index in [1.165, 1.54) is 31.2 Å².